The molecule has 166 valence electrons. The predicted octanol–water partition coefficient (Wildman–Crippen LogP) is 2.32. The van der Waals surface area contributed by atoms with Gasteiger partial charge in [-0.15, -0.1) is 0 Å². The molecule has 0 aliphatic carbocycles. The quantitative estimate of drug-likeness (QED) is 0.661. The van der Waals surface area contributed by atoms with Gasteiger partial charge in [0.25, 0.3) is 5.91 Å². The van der Waals surface area contributed by atoms with E-state index < -0.39 is 0 Å². The SMILES string of the molecule is CN(C)[C@@H]1CCN(C(=O)c2cccc(NC(=O)N3CCc4c(cnc5[nH]ncc45)C3)c2)C1. The van der Waals surface area contributed by atoms with Crippen molar-refractivity contribution in [1.82, 2.24) is 29.9 Å². The summed E-state index contributed by atoms with van der Waals surface area (Å²) in [4.78, 5) is 36.1. The molecule has 2 aliphatic rings. The van der Waals surface area contributed by atoms with Gasteiger partial charge in [0.1, 0.15) is 0 Å². The second-order valence-corrected chi connectivity index (χ2v) is 8.73. The molecule has 0 radical (unpaired) electrons. The molecule has 2 aromatic heterocycles. The molecule has 1 atom stereocenters. The summed E-state index contributed by atoms with van der Waals surface area (Å²) in [6.07, 6.45) is 5.33. The first-order chi connectivity index (χ1) is 15.5. The molecule has 1 fully saturated rings. The van der Waals surface area contributed by atoms with Crippen LogP contribution in [0.2, 0.25) is 0 Å². The van der Waals surface area contributed by atoms with Crippen molar-refractivity contribution in [1.29, 1.82) is 0 Å². The van der Waals surface area contributed by atoms with Crippen LogP contribution in [0.25, 0.3) is 11.0 Å². The molecule has 2 aliphatic heterocycles. The fourth-order valence-electron chi connectivity index (χ4n) is 4.59. The Bertz CT molecular complexity index is 1170. The van der Waals surface area contributed by atoms with E-state index in [9.17, 15) is 9.59 Å². The van der Waals surface area contributed by atoms with Gasteiger partial charge >= 0.3 is 6.03 Å². The molecule has 2 N–H and O–H groups in total. The predicted molar refractivity (Wildman–Crippen MR) is 121 cm³/mol. The highest BCUT2D eigenvalue weighted by Gasteiger charge is 2.28. The molecule has 32 heavy (non-hydrogen) atoms. The van der Waals surface area contributed by atoms with Crippen LogP contribution in [0.5, 0.6) is 0 Å². The Labute approximate surface area is 186 Å². The Morgan fingerprint density at radius 2 is 2.06 bits per heavy atom. The van der Waals surface area contributed by atoms with Gasteiger partial charge in [0.2, 0.25) is 0 Å². The normalized spacial score (nSPS) is 18.3. The van der Waals surface area contributed by atoms with E-state index in [2.05, 4.69) is 25.4 Å². The van der Waals surface area contributed by atoms with Gasteiger partial charge in [0.15, 0.2) is 5.65 Å². The third-order valence-electron chi connectivity index (χ3n) is 6.50. The van der Waals surface area contributed by atoms with Crippen molar-refractivity contribution in [2.45, 2.75) is 25.4 Å². The first kappa shape index (κ1) is 20.4. The van der Waals surface area contributed by atoms with Gasteiger partial charge in [-0.25, -0.2) is 9.78 Å². The van der Waals surface area contributed by atoms with Crippen molar-refractivity contribution in [3.8, 4) is 0 Å². The summed E-state index contributed by atoms with van der Waals surface area (Å²) in [6, 6.07) is 7.41. The molecule has 4 heterocycles. The number of aromatic nitrogens is 3. The first-order valence-corrected chi connectivity index (χ1v) is 10.9. The van der Waals surface area contributed by atoms with E-state index in [0.29, 0.717) is 30.4 Å². The van der Waals surface area contributed by atoms with Crippen molar-refractivity contribution in [2.24, 2.45) is 0 Å². The molecule has 0 spiro atoms. The summed E-state index contributed by atoms with van der Waals surface area (Å²) in [6.45, 7) is 2.59. The smallest absolute Gasteiger partial charge is 0.322 e. The maximum Gasteiger partial charge on any atom is 0.322 e. The molecule has 1 saturated heterocycles. The van der Waals surface area contributed by atoms with Gasteiger partial charge in [0.05, 0.1) is 6.20 Å². The molecule has 0 saturated carbocycles. The van der Waals surface area contributed by atoms with E-state index in [4.69, 9.17) is 0 Å². The minimum atomic E-state index is -0.179. The number of hydrogen-bond acceptors (Lipinski definition) is 5. The van der Waals surface area contributed by atoms with Gasteiger partial charge in [-0.2, -0.15) is 5.10 Å². The van der Waals surface area contributed by atoms with Crippen LogP contribution in [-0.4, -0.2) is 81.6 Å². The molecule has 9 nitrogen and oxygen atoms in total. The lowest BCUT2D eigenvalue weighted by Crippen LogP contribution is -2.39. The van der Waals surface area contributed by atoms with Crippen molar-refractivity contribution in [3.05, 3.63) is 53.3 Å². The first-order valence-electron chi connectivity index (χ1n) is 10.9. The summed E-state index contributed by atoms with van der Waals surface area (Å²) in [5.41, 5.74) is 4.23. The molecule has 5 rings (SSSR count). The highest BCUT2D eigenvalue weighted by molar-refractivity contribution is 5.97. The monoisotopic (exact) mass is 433 g/mol. The summed E-state index contributed by atoms with van der Waals surface area (Å²) in [5, 5.41) is 10.9. The highest BCUT2D eigenvalue weighted by atomic mass is 16.2. The number of likely N-dealkylation sites (N-methyl/N-ethyl adjacent to an activating group) is 1. The number of H-pyrrole nitrogens is 1. The Morgan fingerprint density at radius 3 is 2.88 bits per heavy atom. The van der Waals surface area contributed by atoms with E-state index in [1.807, 2.05) is 37.3 Å². The van der Waals surface area contributed by atoms with Crippen LogP contribution in [0.15, 0.2) is 36.7 Å². The summed E-state index contributed by atoms with van der Waals surface area (Å²) >= 11 is 0. The third kappa shape index (κ3) is 3.80. The Morgan fingerprint density at radius 1 is 1.19 bits per heavy atom. The number of anilines is 1. The van der Waals surface area contributed by atoms with Gasteiger partial charge in [-0.1, -0.05) is 6.07 Å². The van der Waals surface area contributed by atoms with Crippen LogP contribution < -0.4 is 5.32 Å². The summed E-state index contributed by atoms with van der Waals surface area (Å²) in [7, 11) is 4.09. The van der Waals surface area contributed by atoms with Gasteiger partial charge in [-0.05, 0) is 56.3 Å². The summed E-state index contributed by atoms with van der Waals surface area (Å²) in [5.74, 6) is 0.00699. The standard InChI is InChI=1S/C23H27N7O2/c1-28(2)18-6-8-29(14-18)22(31)15-4-3-5-17(10-15)26-23(32)30-9-7-19-16(13-30)11-24-21-20(19)12-25-27-21/h3-5,10-12,18H,6-9,13-14H2,1-2H3,(H,26,32)(H,24,25,27)/t18-/m1/s1. The molecular weight excluding hydrogens is 406 g/mol. The topological polar surface area (TPSA) is 97.5 Å². The molecule has 9 heteroatoms. The Hall–Kier alpha value is -3.46. The number of nitrogens with zero attached hydrogens (tertiary/aromatic N) is 5. The zero-order valence-electron chi connectivity index (χ0n) is 18.3. The van der Waals surface area contributed by atoms with E-state index in [1.165, 1.54) is 5.56 Å². The second kappa shape index (κ2) is 8.23. The summed E-state index contributed by atoms with van der Waals surface area (Å²) < 4.78 is 0. The number of likely N-dealkylation sites (tertiary alicyclic amines) is 1. The number of carbonyl (C=O) groups excluding carboxylic acids is 2. The Kier molecular flexibility index (Phi) is 5.26. The number of amides is 3. The number of hydrogen-bond donors (Lipinski definition) is 2. The van der Waals surface area contributed by atoms with Crippen LogP contribution in [0.1, 0.15) is 27.9 Å². The minimum absolute atomic E-state index is 0.00699. The van der Waals surface area contributed by atoms with Crippen molar-refractivity contribution in [3.63, 3.8) is 0 Å². The highest BCUT2D eigenvalue weighted by Crippen LogP contribution is 2.25. The van der Waals surface area contributed by atoms with Crippen molar-refractivity contribution >= 4 is 28.7 Å². The number of carbonyl (C=O) groups is 2. The largest absolute Gasteiger partial charge is 0.337 e. The zero-order valence-corrected chi connectivity index (χ0v) is 18.3. The fraction of sp³-hybridized carbons (Fsp3) is 0.391. The average molecular weight is 434 g/mol. The maximum atomic E-state index is 12.9. The Balaban J connectivity index is 1.26. The molecule has 0 bridgehead atoms. The van der Waals surface area contributed by atoms with Crippen LogP contribution >= 0.6 is 0 Å². The third-order valence-corrected chi connectivity index (χ3v) is 6.50. The second-order valence-electron chi connectivity index (χ2n) is 8.73. The fourth-order valence-corrected chi connectivity index (χ4v) is 4.59. The van der Waals surface area contributed by atoms with E-state index in [0.717, 1.165) is 42.5 Å². The van der Waals surface area contributed by atoms with E-state index in [1.54, 1.807) is 23.2 Å². The number of fused-ring (bicyclic) bond motifs is 3. The van der Waals surface area contributed by atoms with Crippen LogP contribution in [-0.2, 0) is 13.0 Å². The minimum Gasteiger partial charge on any atom is -0.337 e. The average Bonchev–Trinajstić information content (AvgIpc) is 3.48. The van der Waals surface area contributed by atoms with Crippen molar-refractivity contribution in [2.75, 3.05) is 39.0 Å². The van der Waals surface area contributed by atoms with Crippen LogP contribution in [0.3, 0.4) is 0 Å². The van der Waals surface area contributed by atoms with Crippen LogP contribution in [0, 0.1) is 0 Å². The maximum absolute atomic E-state index is 12.9. The molecule has 0 unspecified atom stereocenters. The lowest BCUT2D eigenvalue weighted by molar-refractivity contribution is 0.0783. The molecular formula is C23H27N7O2. The molecule has 3 amide bonds. The number of aromatic amines is 1. The number of nitrogens with one attached hydrogen (secondary N) is 2. The van der Waals surface area contributed by atoms with Gasteiger partial charge in [0, 0.05) is 55.1 Å². The number of pyridine rings is 1. The van der Waals surface area contributed by atoms with Crippen molar-refractivity contribution < 1.29 is 9.59 Å². The molecule has 3 aromatic rings. The molecule has 1 aromatic carbocycles. The van der Waals surface area contributed by atoms with E-state index >= 15 is 0 Å². The number of rotatable bonds is 3. The van der Waals surface area contributed by atoms with E-state index in [-0.39, 0.29) is 11.9 Å². The lowest BCUT2D eigenvalue weighted by atomic mass is 9.99. The number of benzene rings is 1. The zero-order chi connectivity index (χ0) is 22.2. The van der Waals surface area contributed by atoms with Crippen LogP contribution in [0.4, 0.5) is 10.5 Å². The number of urea groups is 1. The lowest BCUT2D eigenvalue weighted by Gasteiger charge is -2.29. The van der Waals surface area contributed by atoms with Gasteiger partial charge in [-0.3, -0.25) is 9.89 Å². The van der Waals surface area contributed by atoms with Gasteiger partial charge < -0.3 is 20.0 Å².